The number of nitrogens with zero attached hydrogens (tertiary/aromatic N) is 4. The number of nitrogens with one attached hydrogen (secondary N) is 1. The zero-order valence-electron chi connectivity index (χ0n) is 9.17. The predicted molar refractivity (Wildman–Crippen MR) is 63.2 cm³/mol. The molecular formula is C12H11N5. The number of pyridine rings is 1. The Balaban J connectivity index is 1.88. The third kappa shape index (κ3) is 3.24. The number of anilines is 1. The molecule has 2 rings (SSSR count). The first-order valence-electron chi connectivity index (χ1n) is 5.24. The van der Waals surface area contributed by atoms with Gasteiger partial charge in [0.1, 0.15) is 11.9 Å². The molecule has 0 saturated heterocycles. The highest BCUT2D eigenvalue weighted by Crippen LogP contribution is 2.02. The number of hydrogen-bond donors (Lipinski definition) is 1. The molecule has 17 heavy (non-hydrogen) atoms. The Morgan fingerprint density at radius 1 is 1.29 bits per heavy atom. The first kappa shape index (κ1) is 11.0. The van der Waals surface area contributed by atoms with Gasteiger partial charge in [0.15, 0.2) is 0 Å². The van der Waals surface area contributed by atoms with E-state index >= 15 is 0 Å². The van der Waals surface area contributed by atoms with Crippen molar-refractivity contribution in [2.75, 3.05) is 11.9 Å². The van der Waals surface area contributed by atoms with Gasteiger partial charge in [0.2, 0.25) is 5.82 Å². The zero-order valence-corrected chi connectivity index (χ0v) is 9.17. The van der Waals surface area contributed by atoms with E-state index in [0.717, 1.165) is 18.5 Å². The van der Waals surface area contributed by atoms with E-state index in [9.17, 15) is 0 Å². The molecule has 0 unspecified atom stereocenters. The Labute approximate surface area is 99.2 Å². The molecule has 5 heteroatoms. The molecule has 0 bridgehead atoms. The molecule has 5 nitrogen and oxygen atoms in total. The van der Waals surface area contributed by atoms with Gasteiger partial charge in [-0.3, -0.25) is 4.98 Å². The minimum Gasteiger partial charge on any atom is -0.370 e. The largest absolute Gasteiger partial charge is 0.370 e. The van der Waals surface area contributed by atoms with Crippen molar-refractivity contribution in [2.24, 2.45) is 0 Å². The summed E-state index contributed by atoms with van der Waals surface area (Å²) in [4.78, 5) is 11.9. The van der Waals surface area contributed by atoms with Crippen molar-refractivity contribution in [3.8, 4) is 6.07 Å². The highest BCUT2D eigenvalue weighted by molar-refractivity contribution is 5.35. The van der Waals surface area contributed by atoms with Crippen molar-refractivity contribution in [3.63, 3.8) is 0 Å². The molecule has 0 fully saturated rings. The summed E-state index contributed by atoms with van der Waals surface area (Å²) in [6.07, 6.45) is 6.01. The average molecular weight is 225 g/mol. The maximum atomic E-state index is 8.65. The number of aromatic nitrogens is 3. The highest BCUT2D eigenvalue weighted by atomic mass is 15.0. The molecule has 0 amide bonds. The van der Waals surface area contributed by atoms with Crippen LogP contribution in [-0.4, -0.2) is 21.5 Å². The van der Waals surface area contributed by atoms with Crippen LogP contribution < -0.4 is 5.32 Å². The van der Waals surface area contributed by atoms with E-state index < -0.39 is 0 Å². The molecule has 0 atom stereocenters. The van der Waals surface area contributed by atoms with E-state index in [-0.39, 0.29) is 5.82 Å². The third-order valence-corrected chi connectivity index (χ3v) is 2.20. The molecule has 0 aromatic carbocycles. The number of nitriles is 1. The van der Waals surface area contributed by atoms with E-state index in [2.05, 4.69) is 20.3 Å². The van der Waals surface area contributed by atoms with E-state index in [4.69, 9.17) is 5.26 Å². The van der Waals surface area contributed by atoms with Crippen LogP contribution >= 0.6 is 0 Å². The van der Waals surface area contributed by atoms with Gasteiger partial charge in [-0.15, -0.1) is 0 Å². The van der Waals surface area contributed by atoms with Crippen LogP contribution in [0.15, 0.2) is 36.8 Å². The minimum atomic E-state index is 0.177. The molecule has 0 aliphatic carbocycles. The molecule has 2 aromatic rings. The summed E-state index contributed by atoms with van der Waals surface area (Å²) in [5.41, 5.74) is 1.16. The summed E-state index contributed by atoms with van der Waals surface area (Å²) in [5, 5.41) is 11.8. The van der Waals surface area contributed by atoms with Crippen LogP contribution in [0.5, 0.6) is 0 Å². The van der Waals surface area contributed by atoms with Crippen LogP contribution in [0.2, 0.25) is 0 Å². The molecule has 84 valence electrons. The second-order valence-corrected chi connectivity index (χ2v) is 3.42. The van der Waals surface area contributed by atoms with Gasteiger partial charge >= 0.3 is 0 Å². The van der Waals surface area contributed by atoms with Gasteiger partial charge in [0.25, 0.3) is 0 Å². The highest BCUT2D eigenvalue weighted by Gasteiger charge is 1.97. The summed E-state index contributed by atoms with van der Waals surface area (Å²) in [6.45, 7) is 0.744. The van der Waals surface area contributed by atoms with E-state index in [1.54, 1.807) is 18.5 Å². The molecule has 0 saturated carbocycles. The van der Waals surface area contributed by atoms with Crippen molar-refractivity contribution in [1.29, 1.82) is 5.26 Å². The first-order chi connectivity index (χ1) is 8.38. The van der Waals surface area contributed by atoms with Crippen molar-refractivity contribution >= 4 is 5.82 Å². The predicted octanol–water partition coefficient (Wildman–Crippen LogP) is 1.40. The van der Waals surface area contributed by atoms with Gasteiger partial charge in [0.05, 0.1) is 0 Å². The maximum Gasteiger partial charge on any atom is 0.234 e. The quantitative estimate of drug-likeness (QED) is 0.851. The van der Waals surface area contributed by atoms with Crippen molar-refractivity contribution < 1.29 is 0 Å². The fourth-order valence-corrected chi connectivity index (χ4v) is 1.39. The molecule has 2 aromatic heterocycles. The topological polar surface area (TPSA) is 74.5 Å². The standard InChI is InChI=1S/C12H11N5/c13-8-12-16-7-4-11(17-12)15-6-3-10-2-1-5-14-9-10/h1-2,4-5,7,9H,3,6H2,(H,15,16,17). The first-order valence-corrected chi connectivity index (χ1v) is 5.24. The zero-order chi connectivity index (χ0) is 11.9. The van der Waals surface area contributed by atoms with E-state index in [0.29, 0.717) is 5.82 Å². The lowest BCUT2D eigenvalue weighted by Gasteiger charge is -2.04. The van der Waals surface area contributed by atoms with E-state index in [1.165, 1.54) is 0 Å². The molecule has 0 aliphatic heterocycles. The summed E-state index contributed by atoms with van der Waals surface area (Å²) in [5.74, 6) is 0.844. The van der Waals surface area contributed by atoms with E-state index in [1.807, 2.05) is 24.4 Å². The van der Waals surface area contributed by atoms with Gasteiger partial charge in [-0.05, 0) is 24.1 Å². The van der Waals surface area contributed by atoms with Gasteiger partial charge in [-0.25, -0.2) is 9.97 Å². The summed E-state index contributed by atoms with van der Waals surface area (Å²) in [7, 11) is 0. The Kier molecular flexibility index (Phi) is 3.61. The Morgan fingerprint density at radius 2 is 2.24 bits per heavy atom. The van der Waals surface area contributed by atoms with Crippen LogP contribution in [-0.2, 0) is 6.42 Å². The monoisotopic (exact) mass is 225 g/mol. The van der Waals surface area contributed by atoms with Gasteiger partial charge in [0, 0.05) is 25.1 Å². The van der Waals surface area contributed by atoms with Gasteiger partial charge < -0.3 is 5.32 Å². The third-order valence-electron chi connectivity index (χ3n) is 2.20. The molecule has 0 aliphatic rings. The van der Waals surface area contributed by atoms with Crippen molar-refractivity contribution in [3.05, 3.63) is 48.2 Å². The fraction of sp³-hybridized carbons (Fsp3) is 0.167. The Morgan fingerprint density at radius 3 is 3.00 bits per heavy atom. The minimum absolute atomic E-state index is 0.177. The van der Waals surface area contributed by atoms with Crippen LogP contribution in [0.3, 0.4) is 0 Å². The van der Waals surface area contributed by atoms with Crippen LogP contribution in [0.4, 0.5) is 5.82 Å². The molecular weight excluding hydrogens is 214 g/mol. The summed E-state index contributed by atoms with van der Waals surface area (Å²) >= 11 is 0. The SMILES string of the molecule is N#Cc1nccc(NCCc2cccnc2)n1. The molecule has 0 spiro atoms. The van der Waals surface area contributed by atoms with Crippen LogP contribution in [0.25, 0.3) is 0 Å². The van der Waals surface area contributed by atoms with Crippen molar-refractivity contribution in [2.45, 2.75) is 6.42 Å². The molecule has 0 radical (unpaired) electrons. The second kappa shape index (κ2) is 5.56. The lowest BCUT2D eigenvalue weighted by molar-refractivity contribution is 0.983. The molecule has 2 heterocycles. The summed E-state index contributed by atoms with van der Waals surface area (Å²) < 4.78 is 0. The Bertz CT molecular complexity index is 518. The lowest BCUT2D eigenvalue weighted by Crippen LogP contribution is -2.07. The lowest BCUT2D eigenvalue weighted by atomic mass is 10.2. The normalized spacial score (nSPS) is 9.59. The number of hydrogen-bond acceptors (Lipinski definition) is 5. The van der Waals surface area contributed by atoms with Crippen LogP contribution in [0.1, 0.15) is 11.4 Å². The maximum absolute atomic E-state index is 8.65. The Hall–Kier alpha value is -2.48. The smallest absolute Gasteiger partial charge is 0.234 e. The molecule has 1 N–H and O–H groups in total. The second-order valence-electron chi connectivity index (χ2n) is 3.42. The average Bonchev–Trinajstić information content (AvgIpc) is 2.40. The van der Waals surface area contributed by atoms with Crippen LogP contribution in [0, 0.1) is 11.3 Å². The van der Waals surface area contributed by atoms with Crippen molar-refractivity contribution in [1.82, 2.24) is 15.0 Å². The van der Waals surface area contributed by atoms with Gasteiger partial charge in [-0.1, -0.05) is 6.07 Å². The van der Waals surface area contributed by atoms with Gasteiger partial charge in [-0.2, -0.15) is 5.26 Å². The summed E-state index contributed by atoms with van der Waals surface area (Å²) in [6, 6.07) is 7.58. The number of rotatable bonds is 4. The fourth-order valence-electron chi connectivity index (χ4n) is 1.39.